The van der Waals surface area contributed by atoms with Crippen molar-refractivity contribution in [3.8, 4) is 0 Å². The highest BCUT2D eigenvalue weighted by atomic mass is 79.9. The van der Waals surface area contributed by atoms with Crippen molar-refractivity contribution in [1.29, 1.82) is 0 Å². The van der Waals surface area contributed by atoms with Gasteiger partial charge in [-0.2, -0.15) is 0 Å². The average Bonchev–Trinajstić information content (AvgIpc) is 3.23. The van der Waals surface area contributed by atoms with E-state index in [0.29, 0.717) is 6.04 Å². The van der Waals surface area contributed by atoms with E-state index in [4.69, 9.17) is 0 Å². The van der Waals surface area contributed by atoms with E-state index in [1.54, 1.807) is 0 Å². The lowest BCUT2D eigenvalue weighted by molar-refractivity contribution is 0.571. The van der Waals surface area contributed by atoms with Crippen LogP contribution in [0.1, 0.15) is 33.1 Å². The minimum Gasteiger partial charge on any atom is -0.367 e. The Morgan fingerprint density at radius 1 is 1.35 bits per heavy atom. The summed E-state index contributed by atoms with van der Waals surface area (Å²) in [6.07, 6.45) is 7.59. The topological polar surface area (TPSA) is 29.0 Å². The molecule has 2 heterocycles. The van der Waals surface area contributed by atoms with Crippen molar-refractivity contribution in [2.75, 3.05) is 11.4 Å². The Morgan fingerprint density at radius 3 is 2.85 bits per heavy atom. The highest BCUT2D eigenvalue weighted by Gasteiger charge is 2.30. The first kappa shape index (κ1) is 13.8. The van der Waals surface area contributed by atoms with Crippen LogP contribution in [-0.4, -0.2) is 22.6 Å². The largest absolute Gasteiger partial charge is 0.367 e. The van der Waals surface area contributed by atoms with E-state index in [9.17, 15) is 0 Å². The smallest absolute Gasteiger partial charge is 0.112 e. The molecule has 4 heteroatoms. The molecule has 1 fully saturated rings. The lowest BCUT2D eigenvalue weighted by atomic mass is 10.1. The first-order valence-electron chi connectivity index (χ1n) is 7.32. The number of hydrogen-bond acceptors (Lipinski definition) is 3. The molecular formula is C16H20BrN3. The molecule has 0 radical (unpaired) electrons. The molecule has 0 saturated heterocycles. The number of nitrogens with zero attached hydrogens (tertiary/aromatic N) is 3. The predicted octanol–water partition coefficient (Wildman–Crippen LogP) is 4.41. The van der Waals surface area contributed by atoms with Crippen LogP contribution in [0.15, 0.2) is 29.0 Å². The molecule has 3 rings (SSSR count). The zero-order valence-electron chi connectivity index (χ0n) is 12.0. The fraction of sp³-hybridized carbons (Fsp3) is 0.500. The van der Waals surface area contributed by atoms with Crippen LogP contribution in [0.5, 0.6) is 0 Å². The standard InChI is InChI=1S/C16H20BrN3/c1-11(2)6-8-20(13-3-4-13)15-5-7-18-14-9-12(17)10-19-16(14)15/h5,7,9-11,13H,3-4,6,8H2,1-2H3. The lowest BCUT2D eigenvalue weighted by Gasteiger charge is -2.26. The van der Waals surface area contributed by atoms with Gasteiger partial charge in [-0.05, 0) is 53.2 Å². The van der Waals surface area contributed by atoms with Crippen molar-refractivity contribution >= 4 is 32.7 Å². The van der Waals surface area contributed by atoms with Gasteiger partial charge in [0.15, 0.2) is 0 Å². The van der Waals surface area contributed by atoms with Gasteiger partial charge in [0, 0.05) is 29.5 Å². The van der Waals surface area contributed by atoms with Gasteiger partial charge in [0.1, 0.15) is 5.52 Å². The maximum atomic E-state index is 4.59. The molecule has 0 N–H and O–H groups in total. The van der Waals surface area contributed by atoms with Gasteiger partial charge in [-0.25, -0.2) is 0 Å². The summed E-state index contributed by atoms with van der Waals surface area (Å²) in [4.78, 5) is 11.6. The van der Waals surface area contributed by atoms with E-state index in [2.05, 4.69) is 50.7 Å². The molecule has 0 aliphatic heterocycles. The van der Waals surface area contributed by atoms with Crippen LogP contribution in [0.2, 0.25) is 0 Å². The normalized spacial score (nSPS) is 15.0. The summed E-state index contributed by atoms with van der Waals surface area (Å²) in [5.74, 6) is 0.728. The number of rotatable bonds is 5. The quantitative estimate of drug-likeness (QED) is 0.811. The van der Waals surface area contributed by atoms with Crippen molar-refractivity contribution in [2.45, 2.75) is 39.2 Å². The number of hydrogen-bond donors (Lipinski definition) is 0. The monoisotopic (exact) mass is 333 g/mol. The van der Waals surface area contributed by atoms with E-state index in [1.165, 1.54) is 24.9 Å². The molecule has 1 aliphatic rings. The number of halogens is 1. The average molecular weight is 334 g/mol. The summed E-state index contributed by atoms with van der Waals surface area (Å²) in [7, 11) is 0. The van der Waals surface area contributed by atoms with Crippen LogP contribution >= 0.6 is 15.9 Å². The first-order chi connectivity index (χ1) is 9.65. The number of aromatic nitrogens is 2. The number of anilines is 1. The van der Waals surface area contributed by atoms with E-state index in [1.807, 2.05) is 18.5 Å². The van der Waals surface area contributed by atoms with Crippen LogP contribution in [0, 0.1) is 5.92 Å². The van der Waals surface area contributed by atoms with Crippen LogP contribution < -0.4 is 4.90 Å². The fourth-order valence-corrected chi connectivity index (χ4v) is 2.83. The molecule has 20 heavy (non-hydrogen) atoms. The van der Waals surface area contributed by atoms with E-state index >= 15 is 0 Å². The van der Waals surface area contributed by atoms with Crippen molar-refractivity contribution in [3.05, 3.63) is 29.0 Å². The molecule has 0 spiro atoms. The summed E-state index contributed by atoms with van der Waals surface area (Å²) in [6.45, 7) is 5.68. The molecular weight excluding hydrogens is 314 g/mol. The maximum Gasteiger partial charge on any atom is 0.112 e. The zero-order chi connectivity index (χ0) is 14.1. The third-order valence-corrected chi connectivity index (χ3v) is 4.20. The van der Waals surface area contributed by atoms with Crippen molar-refractivity contribution in [1.82, 2.24) is 9.97 Å². The van der Waals surface area contributed by atoms with E-state index in [0.717, 1.165) is 28.0 Å². The second kappa shape index (κ2) is 5.68. The van der Waals surface area contributed by atoms with Crippen molar-refractivity contribution < 1.29 is 0 Å². The van der Waals surface area contributed by atoms with Crippen LogP contribution in [0.25, 0.3) is 11.0 Å². The Labute approximate surface area is 128 Å². The minimum atomic E-state index is 0.699. The number of pyridine rings is 2. The Balaban J connectivity index is 1.97. The van der Waals surface area contributed by atoms with Gasteiger partial charge in [0.2, 0.25) is 0 Å². The second-order valence-electron chi connectivity index (χ2n) is 5.96. The van der Waals surface area contributed by atoms with E-state index in [-0.39, 0.29) is 0 Å². The van der Waals surface area contributed by atoms with Crippen LogP contribution in [0.3, 0.4) is 0 Å². The maximum absolute atomic E-state index is 4.59. The Hall–Kier alpha value is -1.16. The van der Waals surface area contributed by atoms with Gasteiger partial charge in [-0.15, -0.1) is 0 Å². The zero-order valence-corrected chi connectivity index (χ0v) is 13.6. The third-order valence-electron chi connectivity index (χ3n) is 3.77. The summed E-state index contributed by atoms with van der Waals surface area (Å²) < 4.78 is 0.981. The van der Waals surface area contributed by atoms with Crippen LogP contribution in [-0.2, 0) is 0 Å². The Kier molecular flexibility index (Phi) is 3.92. The molecule has 1 saturated carbocycles. The fourth-order valence-electron chi connectivity index (χ4n) is 2.51. The first-order valence-corrected chi connectivity index (χ1v) is 8.11. The highest BCUT2D eigenvalue weighted by molar-refractivity contribution is 9.10. The molecule has 0 aromatic carbocycles. The molecule has 2 aromatic heterocycles. The van der Waals surface area contributed by atoms with Gasteiger partial charge in [0.25, 0.3) is 0 Å². The minimum absolute atomic E-state index is 0.699. The lowest BCUT2D eigenvalue weighted by Crippen LogP contribution is -2.28. The molecule has 0 bridgehead atoms. The summed E-state index contributed by atoms with van der Waals surface area (Å²) in [5.41, 5.74) is 3.23. The molecule has 0 atom stereocenters. The van der Waals surface area contributed by atoms with E-state index < -0.39 is 0 Å². The van der Waals surface area contributed by atoms with Crippen molar-refractivity contribution in [2.24, 2.45) is 5.92 Å². The van der Waals surface area contributed by atoms with Gasteiger partial charge in [0.05, 0.1) is 11.2 Å². The molecule has 0 amide bonds. The Bertz CT molecular complexity index is 608. The SMILES string of the molecule is CC(C)CCN(c1ccnc2cc(Br)cnc12)C1CC1. The Morgan fingerprint density at radius 2 is 2.15 bits per heavy atom. The third kappa shape index (κ3) is 2.95. The highest BCUT2D eigenvalue weighted by Crippen LogP contribution is 2.35. The summed E-state index contributed by atoms with van der Waals surface area (Å²) in [5, 5.41) is 0. The molecule has 106 valence electrons. The van der Waals surface area contributed by atoms with Gasteiger partial charge >= 0.3 is 0 Å². The molecule has 2 aromatic rings. The summed E-state index contributed by atoms with van der Waals surface area (Å²) in [6, 6.07) is 4.85. The van der Waals surface area contributed by atoms with Gasteiger partial charge < -0.3 is 4.90 Å². The van der Waals surface area contributed by atoms with Gasteiger partial charge in [-0.3, -0.25) is 9.97 Å². The van der Waals surface area contributed by atoms with Crippen LogP contribution in [0.4, 0.5) is 5.69 Å². The van der Waals surface area contributed by atoms with Gasteiger partial charge in [-0.1, -0.05) is 13.8 Å². The molecule has 1 aliphatic carbocycles. The second-order valence-corrected chi connectivity index (χ2v) is 6.87. The van der Waals surface area contributed by atoms with Crippen molar-refractivity contribution in [3.63, 3.8) is 0 Å². The molecule has 3 nitrogen and oxygen atoms in total. The summed E-state index contributed by atoms with van der Waals surface area (Å²) >= 11 is 3.47. The molecule has 0 unspecified atom stereocenters. The number of fused-ring (bicyclic) bond motifs is 1. The predicted molar refractivity (Wildman–Crippen MR) is 87.1 cm³/mol.